The van der Waals surface area contributed by atoms with Crippen molar-refractivity contribution in [2.45, 2.75) is 84.8 Å². The van der Waals surface area contributed by atoms with Gasteiger partial charge < -0.3 is 14.7 Å². The van der Waals surface area contributed by atoms with Gasteiger partial charge in [0.05, 0.1) is 11.4 Å². The Morgan fingerprint density at radius 1 is 0.930 bits per heavy atom. The van der Waals surface area contributed by atoms with E-state index in [1.54, 1.807) is 6.07 Å². The monoisotopic (exact) mass is 618 g/mol. The van der Waals surface area contributed by atoms with Crippen LogP contribution < -0.4 is 4.74 Å². The number of aliphatic carboxylic acids is 1. The average Bonchev–Trinajstić information content (AvgIpc) is 3.66. The van der Waals surface area contributed by atoms with Crippen LogP contribution >= 0.6 is 22.7 Å². The normalized spacial score (nSPS) is 11.6. The third-order valence-electron chi connectivity index (χ3n) is 7.32. The number of thiazole rings is 1. The average molecular weight is 619 g/mol. The second-order valence-electron chi connectivity index (χ2n) is 11.9. The van der Waals surface area contributed by atoms with Crippen LogP contribution in [0.3, 0.4) is 0 Å². The van der Waals surface area contributed by atoms with E-state index in [0.717, 1.165) is 31.6 Å². The number of hydrogen-bond acceptors (Lipinski definition) is 6. The van der Waals surface area contributed by atoms with Crippen molar-refractivity contribution in [3.8, 4) is 16.2 Å². The minimum atomic E-state index is -1.05. The summed E-state index contributed by atoms with van der Waals surface area (Å²) in [7, 11) is 0. The molecule has 0 atom stereocenters. The van der Waals surface area contributed by atoms with Crippen molar-refractivity contribution in [1.82, 2.24) is 9.88 Å². The number of aromatic nitrogens is 1. The van der Waals surface area contributed by atoms with Crippen molar-refractivity contribution in [2.24, 2.45) is 0 Å². The van der Waals surface area contributed by atoms with Crippen LogP contribution in [-0.4, -0.2) is 33.4 Å². The van der Waals surface area contributed by atoms with Crippen molar-refractivity contribution < 1.29 is 19.4 Å². The summed E-state index contributed by atoms with van der Waals surface area (Å²) >= 11 is 2.88. The summed E-state index contributed by atoms with van der Waals surface area (Å²) < 4.78 is 6.05. The Labute approximate surface area is 263 Å². The van der Waals surface area contributed by atoms with E-state index in [4.69, 9.17) is 4.74 Å². The molecule has 43 heavy (non-hydrogen) atoms. The van der Waals surface area contributed by atoms with Crippen LogP contribution in [0.5, 0.6) is 5.75 Å². The van der Waals surface area contributed by atoms with Crippen LogP contribution in [0.15, 0.2) is 66.9 Å². The molecular weight excluding hydrogens is 577 g/mol. The van der Waals surface area contributed by atoms with Crippen LogP contribution in [0, 0.1) is 0 Å². The molecule has 0 bridgehead atoms. The maximum Gasteiger partial charge on any atom is 0.323 e. The predicted molar refractivity (Wildman–Crippen MR) is 176 cm³/mol. The van der Waals surface area contributed by atoms with Gasteiger partial charge in [-0.1, -0.05) is 83.9 Å². The predicted octanol–water partition coefficient (Wildman–Crippen LogP) is 9.16. The molecule has 0 aliphatic carbocycles. The fourth-order valence-corrected chi connectivity index (χ4v) is 6.93. The lowest BCUT2D eigenvalue weighted by atomic mass is 9.90. The Hall–Kier alpha value is -3.49. The Bertz CT molecular complexity index is 1480. The molecule has 0 aliphatic rings. The molecule has 0 unspecified atom stereocenters. The van der Waals surface area contributed by atoms with E-state index >= 15 is 0 Å². The van der Waals surface area contributed by atoms with Crippen LogP contribution in [0.25, 0.3) is 10.4 Å². The Morgan fingerprint density at radius 2 is 1.60 bits per heavy atom. The molecule has 4 aromatic rings. The second kappa shape index (κ2) is 14.8. The van der Waals surface area contributed by atoms with Gasteiger partial charge in [-0.3, -0.25) is 9.59 Å². The SMILES string of the molecule is CCCC(CCC)c1ccc(OCc2ccc(-c3ccc(C(=O)N(CC(=O)O)Cc4ncc(C(C)(C)C)s4)s3)cc2)cc1. The van der Waals surface area contributed by atoms with Crippen molar-refractivity contribution >= 4 is 34.6 Å². The van der Waals surface area contributed by atoms with Gasteiger partial charge in [-0.15, -0.1) is 22.7 Å². The van der Waals surface area contributed by atoms with E-state index in [1.807, 2.05) is 36.5 Å². The Morgan fingerprint density at radius 3 is 2.19 bits per heavy atom. The maximum atomic E-state index is 13.4. The van der Waals surface area contributed by atoms with Crippen molar-refractivity contribution in [3.63, 3.8) is 0 Å². The number of benzene rings is 2. The van der Waals surface area contributed by atoms with Gasteiger partial charge >= 0.3 is 5.97 Å². The molecule has 1 amide bonds. The smallest absolute Gasteiger partial charge is 0.323 e. The van der Waals surface area contributed by atoms with Crippen molar-refractivity contribution in [2.75, 3.05) is 6.54 Å². The summed E-state index contributed by atoms with van der Waals surface area (Å²) in [6, 6.07) is 20.3. The molecule has 2 heterocycles. The largest absolute Gasteiger partial charge is 0.489 e. The molecule has 8 heteroatoms. The molecule has 2 aromatic heterocycles. The lowest BCUT2D eigenvalue weighted by Crippen LogP contribution is -2.34. The molecule has 0 saturated carbocycles. The summed E-state index contributed by atoms with van der Waals surface area (Å²) in [6.45, 7) is 11.0. The molecule has 0 saturated heterocycles. The number of amides is 1. The molecular formula is C35H42N2O4S2. The quantitative estimate of drug-likeness (QED) is 0.152. The topological polar surface area (TPSA) is 79.7 Å². The second-order valence-corrected chi connectivity index (χ2v) is 14.1. The first kappa shape index (κ1) is 32.4. The van der Waals surface area contributed by atoms with E-state index in [-0.39, 0.29) is 24.4 Å². The van der Waals surface area contributed by atoms with Gasteiger partial charge in [-0.05, 0) is 65.1 Å². The van der Waals surface area contributed by atoms with Crippen LogP contribution in [0.1, 0.15) is 96.9 Å². The maximum absolute atomic E-state index is 13.4. The molecule has 0 radical (unpaired) electrons. The number of thiophene rings is 1. The number of hydrogen-bond donors (Lipinski definition) is 1. The fourth-order valence-electron chi connectivity index (χ4n) is 4.96. The number of carboxylic acids is 1. The molecule has 4 rings (SSSR count). The first-order valence-corrected chi connectivity index (χ1v) is 16.6. The van der Waals surface area contributed by atoms with E-state index in [2.05, 4.69) is 63.9 Å². The van der Waals surface area contributed by atoms with E-state index < -0.39 is 5.97 Å². The minimum absolute atomic E-state index is 0.0561. The first-order chi connectivity index (χ1) is 20.6. The molecule has 0 fully saturated rings. The van der Waals surface area contributed by atoms with Gasteiger partial charge in [-0.25, -0.2) is 4.98 Å². The number of carbonyl (C=O) groups excluding carboxylic acids is 1. The van der Waals surface area contributed by atoms with Gasteiger partial charge in [0.15, 0.2) is 0 Å². The Kier molecular flexibility index (Phi) is 11.2. The molecule has 1 N–H and O–H groups in total. The highest BCUT2D eigenvalue weighted by atomic mass is 32.1. The van der Waals surface area contributed by atoms with Gasteiger partial charge in [-0.2, -0.15) is 0 Å². The number of ether oxygens (including phenoxy) is 1. The summed E-state index contributed by atoms with van der Waals surface area (Å²) in [5, 5.41) is 10.2. The zero-order chi connectivity index (χ0) is 31.0. The van der Waals surface area contributed by atoms with Crippen molar-refractivity contribution in [1.29, 1.82) is 0 Å². The number of carbonyl (C=O) groups is 2. The third-order valence-corrected chi connectivity index (χ3v) is 9.85. The van der Waals surface area contributed by atoms with Crippen LogP contribution in [-0.2, 0) is 23.4 Å². The number of rotatable bonds is 14. The van der Waals surface area contributed by atoms with Gasteiger partial charge in [0.1, 0.15) is 23.9 Å². The van der Waals surface area contributed by atoms with Crippen LogP contribution in [0.4, 0.5) is 0 Å². The minimum Gasteiger partial charge on any atom is -0.489 e. The lowest BCUT2D eigenvalue weighted by molar-refractivity contribution is -0.137. The summed E-state index contributed by atoms with van der Waals surface area (Å²) in [5.41, 5.74) is 3.38. The third kappa shape index (κ3) is 9.00. The lowest BCUT2D eigenvalue weighted by Gasteiger charge is -2.19. The molecule has 0 aliphatic heterocycles. The highest BCUT2D eigenvalue weighted by Gasteiger charge is 2.24. The van der Waals surface area contributed by atoms with E-state index in [9.17, 15) is 14.7 Å². The summed E-state index contributed by atoms with van der Waals surface area (Å²) in [6.07, 6.45) is 6.63. The molecule has 6 nitrogen and oxygen atoms in total. The fraction of sp³-hybridized carbons (Fsp3) is 0.400. The van der Waals surface area contributed by atoms with Crippen molar-refractivity contribution in [3.05, 3.63) is 92.7 Å². The van der Waals surface area contributed by atoms with Gasteiger partial charge in [0, 0.05) is 16.0 Å². The van der Waals surface area contributed by atoms with E-state index in [1.165, 1.54) is 58.8 Å². The molecule has 228 valence electrons. The molecule has 0 spiro atoms. The van der Waals surface area contributed by atoms with Gasteiger partial charge in [0.25, 0.3) is 5.91 Å². The highest BCUT2D eigenvalue weighted by Crippen LogP contribution is 2.32. The highest BCUT2D eigenvalue weighted by molar-refractivity contribution is 7.17. The molecule has 2 aromatic carbocycles. The number of nitrogens with zero attached hydrogens (tertiary/aromatic N) is 2. The first-order valence-electron chi connectivity index (χ1n) is 15.0. The standard InChI is InChI=1S/C35H42N2O4S2/c1-6-8-25(9-7-2)26-14-16-28(17-15-26)41-23-24-10-12-27(13-11-24)29-18-19-30(42-29)34(40)37(22-33(38)39)21-32-36-20-31(43-32)35(3,4)5/h10-20,25H,6-9,21-23H2,1-5H3,(H,38,39). The number of carboxylic acid groups (broad SMARTS) is 1. The van der Waals surface area contributed by atoms with Crippen LogP contribution in [0.2, 0.25) is 0 Å². The van der Waals surface area contributed by atoms with E-state index in [0.29, 0.717) is 17.4 Å². The zero-order valence-electron chi connectivity index (χ0n) is 25.8. The summed E-state index contributed by atoms with van der Waals surface area (Å²) in [4.78, 5) is 33.3. The zero-order valence-corrected chi connectivity index (χ0v) is 27.4. The van der Waals surface area contributed by atoms with Gasteiger partial charge in [0.2, 0.25) is 0 Å². The Balaban J connectivity index is 1.38. The summed E-state index contributed by atoms with van der Waals surface area (Å²) in [5.74, 6) is 0.116.